The van der Waals surface area contributed by atoms with E-state index in [0.717, 1.165) is 11.0 Å². The molecule has 3 atom stereocenters. The SMILES string of the molecule is COc1cccc2c1C(=O)c1c(O)c3c(c(O)c1C2=O)C[C@@H](C(=O)COC(=O)N(C)CCN(C)C(=O)OCc1ccc(NC(=O)[C@H](CCCNC(N)=O)NC(=O)C(NC(=O)CCCCCN2C(=O)C=C(Cl)S2(=O)=O)C(C)C)cc1)CC3. The van der Waals surface area contributed by atoms with Gasteiger partial charge in [0.15, 0.2) is 22.5 Å². The van der Waals surface area contributed by atoms with Crippen molar-refractivity contribution in [1.29, 1.82) is 0 Å². The molecular weight excluding hydrogens is 1100 g/mol. The molecule has 0 saturated carbocycles. The third kappa shape index (κ3) is 15.0. The first-order chi connectivity index (χ1) is 38.3. The summed E-state index contributed by atoms with van der Waals surface area (Å²) in [6.07, 6.45) is 0.709. The van der Waals surface area contributed by atoms with E-state index in [4.69, 9.17) is 31.5 Å². The molecule has 436 valence electrons. The van der Waals surface area contributed by atoms with Gasteiger partial charge in [0.1, 0.15) is 35.9 Å². The molecule has 27 heteroatoms. The zero-order chi connectivity index (χ0) is 59.5. The third-order valence-electron chi connectivity index (χ3n) is 13.9. The van der Waals surface area contributed by atoms with Crippen LogP contribution in [-0.4, -0.2) is 158 Å². The number of likely N-dealkylation sites (N-methyl/N-ethyl adjacent to an activating group) is 2. The van der Waals surface area contributed by atoms with E-state index in [1.807, 2.05) is 0 Å². The third-order valence-corrected chi connectivity index (χ3v) is 16.2. The number of ether oxygens (including phenoxy) is 3. The van der Waals surface area contributed by atoms with Crippen LogP contribution in [0, 0.1) is 11.8 Å². The van der Waals surface area contributed by atoms with Crippen molar-refractivity contribution < 1.29 is 80.8 Å². The second kappa shape index (κ2) is 27.3. The smallest absolute Gasteiger partial charge is 0.409 e. The Morgan fingerprint density at radius 1 is 0.827 bits per heavy atom. The molecule has 81 heavy (non-hydrogen) atoms. The van der Waals surface area contributed by atoms with Crippen molar-refractivity contribution in [3.63, 3.8) is 0 Å². The van der Waals surface area contributed by atoms with Gasteiger partial charge in [-0.15, -0.1) is 0 Å². The van der Waals surface area contributed by atoms with Gasteiger partial charge < -0.3 is 61.2 Å². The first-order valence-electron chi connectivity index (χ1n) is 26.0. The van der Waals surface area contributed by atoms with Crippen molar-refractivity contribution in [3.8, 4) is 17.2 Å². The number of halogens is 1. The molecule has 8 amide bonds. The lowest BCUT2D eigenvalue weighted by Crippen LogP contribution is -2.54. The first kappa shape index (κ1) is 61.9. The lowest BCUT2D eigenvalue weighted by atomic mass is 9.75. The van der Waals surface area contributed by atoms with E-state index in [1.165, 1.54) is 44.3 Å². The van der Waals surface area contributed by atoms with E-state index in [2.05, 4.69) is 21.3 Å². The number of aromatic hydroxyl groups is 2. The number of urea groups is 1. The van der Waals surface area contributed by atoms with Crippen LogP contribution in [0.15, 0.2) is 52.9 Å². The zero-order valence-electron chi connectivity index (χ0n) is 45.3. The molecule has 0 saturated heterocycles. The number of sulfonamides is 1. The van der Waals surface area contributed by atoms with Crippen LogP contribution in [-0.2, 0) is 62.9 Å². The topological polar surface area (TPSA) is 357 Å². The van der Waals surface area contributed by atoms with Crippen molar-refractivity contribution in [1.82, 2.24) is 30.1 Å². The number of unbranched alkanes of at least 4 members (excludes halogenated alkanes) is 2. The standard InChI is InChI=1S/C54H65ClN8O17S/c1-29(2)45(60-40(65)14-7-6-8-22-63-41(66)26-39(55)81(63,76)77)51(72)59-36(12-10-21-57-52(56)73)50(71)58-32-18-15-30(16-19-32)27-79-53(74)61(3)23-24-62(4)54(75)80-28-37(64)31-17-20-33-35(25-31)48(69)43-44(46(33)67)49(70)42-34(47(43)68)11-9-13-38(42)78-5/h9,11,13,15-16,18-19,26,29,31,36,45,67,69H,6-8,10,12,14,17,20-25,27-28H2,1-5H3,(H,58,71)(H,59,72)(H,60,65)(H3,56,57,73)/t31-,36-,45?/m0/s1. The molecule has 3 aromatic carbocycles. The fourth-order valence-electron chi connectivity index (χ4n) is 9.34. The van der Waals surface area contributed by atoms with E-state index in [1.54, 1.807) is 38.1 Å². The van der Waals surface area contributed by atoms with Crippen LogP contribution >= 0.6 is 11.6 Å². The number of anilines is 1. The number of hydrogen-bond donors (Lipinski definition) is 7. The summed E-state index contributed by atoms with van der Waals surface area (Å²) >= 11 is 5.64. The number of ketones is 3. The highest BCUT2D eigenvalue weighted by molar-refractivity contribution is 7.95. The van der Waals surface area contributed by atoms with Crippen LogP contribution in [0.3, 0.4) is 0 Å². The number of fused-ring (bicyclic) bond motifs is 3. The minimum Gasteiger partial charge on any atom is -0.507 e. The summed E-state index contributed by atoms with van der Waals surface area (Å²) in [4.78, 5) is 132. The maximum Gasteiger partial charge on any atom is 0.409 e. The molecule has 6 rings (SSSR count). The minimum absolute atomic E-state index is 0.000708. The summed E-state index contributed by atoms with van der Waals surface area (Å²) in [5.74, 6) is -6.28. The average Bonchev–Trinajstić information content (AvgIpc) is 3.80. The number of primary amides is 1. The molecule has 0 bridgehead atoms. The number of Topliss-reactive ketones (excluding diaryl/α,β-unsaturated/α-hetero) is 1. The Bertz CT molecular complexity index is 3130. The Morgan fingerprint density at radius 2 is 1.48 bits per heavy atom. The first-order valence-corrected chi connectivity index (χ1v) is 27.8. The summed E-state index contributed by atoms with van der Waals surface area (Å²) < 4.78 is 40.5. The zero-order valence-corrected chi connectivity index (χ0v) is 46.8. The highest BCUT2D eigenvalue weighted by Crippen LogP contribution is 2.47. The van der Waals surface area contributed by atoms with Gasteiger partial charge in [-0.1, -0.05) is 56.1 Å². The predicted molar refractivity (Wildman–Crippen MR) is 291 cm³/mol. The molecule has 1 aliphatic heterocycles. The fourth-order valence-corrected chi connectivity index (χ4v) is 10.8. The Labute approximate surface area is 471 Å². The minimum atomic E-state index is -4.04. The fraction of sp³-hybridized carbons (Fsp3) is 0.444. The molecule has 3 aliphatic rings. The van der Waals surface area contributed by atoms with Crippen LogP contribution in [0.25, 0.3) is 0 Å². The van der Waals surface area contributed by atoms with Crippen molar-refractivity contribution in [2.45, 2.75) is 90.3 Å². The van der Waals surface area contributed by atoms with Crippen LogP contribution in [0.2, 0.25) is 0 Å². The summed E-state index contributed by atoms with van der Waals surface area (Å²) in [6.45, 7) is 2.60. The Balaban J connectivity index is 0.928. The molecule has 1 heterocycles. The quantitative estimate of drug-likeness (QED) is 0.0367. The second-order valence-electron chi connectivity index (χ2n) is 19.9. The molecule has 1 unspecified atom stereocenters. The molecule has 25 nitrogen and oxygen atoms in total. The summed E-state index contributed by atoms with van der Waals surface area (Å²) in [6, 6.07) is 7.78. The number of hydrogen-bond acceptors (Lipinski definition) is 17. The lowest BCUT2D eigenvalue weighted by Gasteiger charge is -2.29. The number of nitrogens with two attached hydrogens (primary N) is 1. The number of nitrogens with one attached hydrogen (secondary N) is 4. The number of benzene rings is 3. The number of methoxy groups -OCH3 is 1. The monoisotopic (exact) mass is 1160 g/mol. The van der Waals surface area contributed by atoms with E-state index in [0.29, 0.717) is 28.4 Å². The van der Waals surface area contributed by atoms with Crippen molar-refractivity contribution in [2.75, 3.05) is 59.3 Å². The Morgan fingerprint density at radius 3 is 2.11 bits per heavy atom. The van der Waals surface area contributed by atoms with Crippen molar-refractivity contribution >= 4 is 86.5 Å². The number of rotatable bonds is 25. The number of nitrogens with zero attached hydrogens (tertiary/aromatic N) is 3. The second-order valence-corrected chi connectivity index (χ2v) is 22.4. The van der Waals surface area contributed by atoms with Crippen LogP contribution < -0.4 is 31.7 Å². The van der Waals surface area contributed by atoms with Gasteiger partial charge in [0.05, 0.1) is 23.8 Å². The molecule has 0 radical (unpaired) electrons. The number of carbonyl (C=O) groups is 10. The van der Waals surface area contributed by atoms with Gasteiger partial charge in [-0.3, -0.25) is 33.6 Å². The molecule has 0 spiro atoms. The average molecular weight is 1170 g/mol. The Kier molecular flexibility index (Phi) is 20.9. The van der Waals surface area contributed by atoms with Crippen molar-refractivity contribution in [2.24, 2.45) is 17.6 Å². The molecule has 2 aliphatic carbocycles. The van der Waals surface area contributed by atoms with Crippen LogP contribution in [0.5, 0.6) is 17.2 Å². The summed E-state index contributed by atoms with van der Waals surface area (Å²) in [7, 11) is 0.153. The van der Waals surface area contributed by atoms with Gasteiger partial charge in [-0.05, 0) is 74.6 Å². The summed E-state index contributed by atoms with van der Waals surface area (Å²) in [5, 5.41) is 33.2. The molecule has 0 aromatic heterocycles. The predicted octanol–water partition coefficient (Wildman–Crippen LogP) is 3.72. The number of phenols is 2. The van der Waals surface area contributed by atoms with E-state index < -0.39 is 116 Å². The van der Waals surface area contributed by atoms with Gasteiger partial charge in [-0.25, -0.2) is 27.1 Å². The van der Waals surface area contributed by atoms with Gasteiger partial charge in [0.2, 0.25) is 23.5 Å². The number of amides is 8. The molecule has 8 N–H and O–H groups in total. The van der Waals surface area contributed by atoms with Crippen LogP contribution in [0.4, 0.5) is 20.1 Å². The molecule has 0 fully saturated rings. The van der Waals surface area contributed by atoms with E-state index in [-0.39, 0.29) is 117 Å². The summed E-state index contributed by atoms with van der Waals surface area (Å²) in [5.41, 5.74) is 5.73. The van der Waals surface area contributed by atoms with Crippen LogP contribution in [0.1, 0.15) is 107 Å². The molecule has 3 aromatic rings. The van der Waals surface area contributed by atoms with E-state index in [9.17, 15) is 66.6 Å². The van der Waals surface area contributed by atoms with Gasteiger partial charge in [0, 0.05) is 81.1 Å². The van der Waals surface area contributed by atoms with Gasteiger partial charge in [-0.2, -0.15) is 0 Å². The normalized spacial score (nSPS) is 15.7. The van der Waals surface area contributed by atoms with Gasteiger partial charge >= 0.3 is 18.2 Å². The van der Waals surface area contributed by atoms with E-state index >= 15 is 0 Å². The number of carbonyl (C=O) groups excluding carboxylic acids is 10. The molecular formula is C54H65ClN8O17S. The highest BCUT2D eigenvalue weighted by atomic mass is 35.5. The van der Waals surface area contributed by atoms with Gasteiger partial charge in [0.25, 0.3) is 15.9 Å². The number of phenolic OH excluding ortho intramolecular Hbond substituents is 2. The Hall–Kier alpha value is -8.26. The maximum absolute atomic E-state index is 13.6. The largest absolute Gasteiger partial charge is 0.507 e. The lowest BCUT2D eigenvalue weighted by molar-refractivity contribution is -0.132. The van der Waals surface area contributed by atoms with Crippen molar-refractivity contribution in [3.05, 3.63) is 91.8 Å². The maximum atomic E-state index is 13.6. The highest BCUT2D eigenvalue weighted by Gasteiger charge is 2.42.